The topological polar surface area (TPSA) is 135 Å². The van der Waals surface area contributed by atoms with Crippen LogP contribution in [-0.4, -0.2) is 28.3 Å². The number of ketones is 2. The van der Waals surface area contributed by atoms with Gasteiger partial charge in [0.2, 0.25) is 5.78 Å². The smallest absolute Gasteiger partial charge is 0.294 e. The van der Waals surface area contributed by atoms with Gasteiger partial charge in [-0.1, -0.05) is 42.5 Å². The lowest BCUT2D eigenvalue weighted by atomic mass is 10.1. The van der Waals surface area contributed by atoms with Crippen LogP contribution in [0.2, 0.25) is 0 Å². The molecule has 0 saturated heterocycles. The van der Waals surface area contributed by atoms with E-state index in [0.29, 0.717) is 0 Å². The van der Waals surface area contributed by atoms with Gasteiger partial charge in [-0.15, -0.1) is 0 Å². The van der Waals surface area contributed by atoms with Crippen LogP contribution in [0.3, 0.4) is 0 Å². The van der Waals surface area contributed by atoms with Gasteiger partial charge >= 0.3 is 5.91 Å². The fraction of sp³-hybridized carbons (Fsp3) is 0.0588. The molecule has 26 heavy (non-hydrogen) atoms. The number of hydrogen-bond donors (Lipinski definition) is 2. The number of nitrogens with zero attached hydrogens (tertiary/aromatic N) is 1. The molecule has 132 valence electrons. The summed E-state index contributed by atoms with van der Waals surface area (Å²) >= 11 is 0. The Morgan fingerprint density at radius 3 is 2.15 bits per heavy atom. The van der Waals surface area contributed by atoms with Crippen molar-refractivity contribution in [3.8, 4) is 0 Å². The fourth-order valence-corrected chi connectivity index (χ4v) is 2.03. The Labute approximate surface area is 147 Å². The van der Waals surface area contributed by atoms with Crippen LogP contribution in [0.5, 0.6) is 0 Å². The zero-order valence-corrected chi connectivity index (χ0v) is 13.3. The van der Waals surface area contributed by atoms with Gasteiger partial charge in [-0.05, 0) is 6.07 Å². The molecule has 2 amide bonds. The van der Waals surface area contributed by atoms with Crippen molar-refractivity contribution >= 4 is 29.1 Å². The van der Waals surface area contributed by atoms with Gasteiger partial charge in [-0.2, -0.15) is 0 Å². The van der Waals surface area contributed by atoms with Crippen molar-refractivity contribution in [2.75, 3.05) is 0 Å². The second-order valence-electron chi connectivity index (χ2n) is 5.07. The number of carbonyl (C=O) groups excluding carboxylic acids is 4. The van der Waals surface area contributed by atoms with E-state index in [1.807, 2.05) is 10.9 Å². The Morgan fingerprint density at radius 1 is 0.885 bits per heavy atom. The lowest BCUT2D eigenvalue weighted by Crippen LogP contribution is -2.45. The molecule has 2 N–H and O–H groups in total. The third kappa shape index (κ3) is 4.57. The number of hydrogen-bond acceptors (Lipinski definition) is 6. The molecule has 9 heteroatoms. The molecule has 0 aliphatic heterocycles. The molecule has 0 bridgehead atoms. The maximum atomic E-state index is 11.9. The Bertz CT molecular complexity index is 879. The predicted molar refractivity (Wildman–Crippen MR) is 89.1 cm³/mol. The monoisotopic (exact) mass is 355 g/mol. The summed E-state index contributed by atoms with van der Waals surface area (Å²) in [5.41, 5.74) is 3.29. The average Bonchev–Trinajstić information content (AvgIpc) is 2.66. The zero-order chi connectivity index (χ0) is 19.1. The molecule has 2 aromatic rings. The molecule has 0 heterocycles. The minimum Gasteiger partial charge on any atom is -0.294 e. The van der Waals surface area contributed by atoms with Crippen LogP contribution in [0.15, 0.2) is 54.6 Å². The molecule has 2 aromatic carbocycles. The third-order valence-electron chi connectivity index (χ3n) is 3.31. The van der Waals surface area contributed by atoms with Gasteiger partial charge in [0.1, 0.15) is 5.56 Å². The van der Waals surface area contributed by atoms with E-state index in [0.717, 1.165) is 6.07 Å². The van der Waals surface area contributed by atoms with Crippen LogP contribution < -0.4 is 10.9 Å². The minimum atomic E-state index is -1.21. The van der Waals surface area contributed by atoms with Crippen molar-refractivity contribution in [1.82, 2.24) is 10.9 Å². The van der Waals surface area contributed by atoms with Crippen LogP contribution in [-0.2, 0) is 9.59 Å². The Kier molecular flexibility index (Phi) is 5.88. The summed E-state index contributed by atoms with van der Waals surface area (Å²) < 4.78 is 0. The molecule has 0 aliphatic carbocycles. The molecule has 0 unspecified atom stereocenters. The van der Waals surface area contributed by atoms with Crippen LogP contribution in [0.25, 0.3) is 0 Å². The quantitative estimate of drug-likeness (QED) is 0.263. The van der Waals surface area contributed by atoms with E-state index in [1.54, 1.807) is 18.2 Å². The van der Waals surface area contributed by atoms with Gasteiger partial charge in [-0.25, -0.2) is 0 Å². The molecule has 9 nitrogen and oxygen atoms in total. The summed E-state index contributed by atoms with van der Waals surface area (Å²) in [6.07, 6.45) is -0.669. The second-order valence-corrected chi connectivity index (χ2v) is 5.07. The van der Waals surface area contributed by atoms with Crippen molar-refractivity contribution < 1.29 is 24.1 Å². The second kappa shape index (κ2) is 8.29. The highest BCUT2D eigenvalue weighted by Crippen LogP contribution is 2.16. The summed E-state index contributed by atoms with van der Waals surface area (Å²) in [5, 5.41) is 10.9. The molecular weight excluding hydrogens is 342 g/mol. The number of benzene rings is 2. The number of carbonyl (C=O) groups is 4. The first kappa shape index (κ1) is 18.5. The first-order valence-electron chi connectivity index (χ1n) is 7.35. The minimum absolute atomic E-state index is 0.276. The van der Waals surface area contributed by atoms with E-state index in [4.69, 9.17) is 0 Å². The molecule has 2 rings (SSSR count). The van der Waals surface area contributed by atoms with Gasteiger partial charge in [0.05, 0.1) is 11.3 Å². The number of Topliss-reactive ketones (excluding diaryl/α,β-unsaturated/α-hetero) is 2. The molecule has 0 aromatic heterocycles. The average molecular weight is 355 g/mol. The molecule has 0 aliphatic rings. The summed E-state index contributed by atoms with van der Waals surface area (Å²) in [6.45, 7) is 0. The number of hydrazine groups is 1. The summed E-state index contributed by atoms with van der Waals surface area (Å²) in [4.78, 5) is 57.4. The number of para-hydroxylation sites is 1. The number of rotatable bonds is 6. The van der Waals surface area contributed by atoms with E-state index in [-0.39, 0.29) is 11.1 Å². The van der Waals surface area contributed by atoms with Crippen LogP contribution >= 0.6 is 0 Å². The highest BCUT2D eigenvalue weighted by Gasteiger charge is 2.22. The van der Waals surface area contributed by atoms with E-state index < -0.39 is 40.4 Å². The summed E-state index contributed by atoms with van der Waals surface area (Å²) in [5.74, 6) is -3.77. The van der Waals surface area contributed by atoms with Gasteiger partial charge in [0, 0.05) is 11.6 Å². The molecule has 0 fully saturated rings. The first-order valence-corrected chi connectivity index (χ1v) is 7.35. The van der Waals surface area contributed by atoms with Crippen molar-refractivity contribution in [2.24, 2.45) is 0 Å². The van der Waals surface area contributed by atoms with Crippen molar-refractivity contribution in [3.63, 3.8) is 0 Å². The van der Waals surface area contributed by atoms with Crippen LogP contribution in [0.1, 0.15) is 27.1 Å². The first-order chi connectivity index (χ1) is 12.4. The summed E-state index contributed by atoms with van der Waals surface area (Å²) in [7, 11) is 0. The third-order valence-corrected chi connectivity index (χ3v) is 3.31. The van der Waals surface area contributed by atoms with Crippen LogP contribution in [0, 0.1) is 10.1 Å². The maximum Gasteiger partial charge on any atom is 0.306 e. The van der Waals surface area contributed by atoms with Crippen LogP contribution in [0.4, 0.5) is 5.69 Å². The van der Waals surface area contributed by atoms with Gasteiger partial charge in [0.15, 0.2) is 5.78 Å². The molecular formula is C17H13N3O6. The van der Waals surface area contributed by atoms with Crippen molar-refractivity contribution in [1.29, 1.82) is 0 Å². The van der Waals surface area contributed by atoms with Gasteiger partial charge in [-0.3, -0.25) is 40.1 Å². The number of nitro benzene ring substituents is 1. The lowest BCUT2D eigenvalue weighted by molar-refractivity contribution is -0.385. The highest BCUT2D eigenvalue weighted by molar-refractivity contribution is 6.40. The SMILES string of the molecule is O=C(CC(=O)c1ccccc1)C(=O)NNC(=O)c1ccccc1[N+](=O)[O-]. The van der Waals surface area contributed by atoms with E-state index >= 15 is 0 Å². The van der Waals surface area contributed by atoms with Gasteiger partial charge < -0.3 is 0 Å². The normalized spacial score (nSPS) is 9.85. The fourth-order valence-electron chi connectivity index (χ4n) is 2.03. The summed E-state index contributed by atoms with van der Waals surface area (Å²) in [6, 6.07) is 13.0. The van der Waals surface area contributed by atoms with Crippen molar-refractivity contribution in [3.05, 3.63) is 75.8 Å². The standard InChI is InChI=1S/C17H13N3O6/c21-14(11-6-2-1-3-7-11)10-15(22)17(24)19-18-16(23)12-8-4-5-9-13(12)20(25)26/h1-9H,10H2,(H,18,23)(H,19,24). The highest BCUT2D eigenvalue weighted by atomic mass is 16.6. The lowest BCUT2D eigenvalue weighted by Gasteiger charge is -2.07. The predicted octanol–water partition coefficient (Wildman–Crippen LogP) is 1.20. The van der Waals surface area contributed by atoms with E-state index in [2.05, 4.69) is 0 Å². The Morgan fingerprint density at radius 2 is 1.50 bits per heavy atom. The molecule has 0 radical (unpaired) electrons. The molecule has 0 saturated carbocycles. The zero-order valence-electron chi connectivity index (χ0n) is 13.3. The number of nitro groups is 1. The molecule has 0 spiro atoms. The molecule has 0 atom stereocenters. The Hall–Kier alpha value is -3.88. The largest absolute Gasteiger partial charge is 0.306 e. The van der Waals surface area contributed by atoms with E-state index in [9.17, 15) is 29.3 Å². The van der Waals surface area contributed by atoms with Gasteiger partial charge in [0.25, 0.3) is 11.6 Å². The number of nitrogens with one attached hydrogen (secondary N) is 2. The number of amides is 2. The van der Waals surface area contributed by atoms with E-state index in [1.165, 1.54) is 30.3 Å². The maximum absolute atomic E-state index is 11.9. The Balaban J connectivity index is 1.94. The van der Waals surface area contributed by atoms with Crippen molar-refractivity contribution in [2.45, 2.75) is 6.42 Å².